The van der Waals surface area contributed by atoms with Crippen molar-refractivity contribution in [3.05, 3.63) is 41.9 Å². The quantitative estimate of drug-likeness (QED) is 0.503. The monoisotopic (exact) mass is 284 g/mol. The first-order valence-corrected chi connectivity index (χ1v) is 6.40. The molecule has 0 bridgehead atoms. The summed E-state index contributed by atoms with van der Waals surface area (Å²) >= 11 is 6.17. The number of halogens is 1. The molecule has 0 aliphatic carbocycles. The van der Waals surface area contributed by atoms with Gasteiger partial charge in [0.25, 0.3) is 0 Å². The zero-order valence-electron chi connectivity index (χ0n) is 10.5. The van der Waals surface area contributed by atoms with E-state index in [0.717, 1.165) is 16.5 Å². The summed E-state index contributed by atoms with van der Waals surface area (Å²) in [5.74, 6) is 0.582. The highest BCUT2D eigenvalue weighted by molar-refractivity contribution is 6.29. The van der Waals surface area contributed by atoms with E-state index in [0.29, 0.717) is 16.8 Å². The minimum absolute atomic E-state index is 0.293. The van der Waals surface area contributed by atoms with E-state index in [9.17, 15) is 0 Å². The molecule has 3 heterocycles. The van der Waals surface area contributed by atoms with Crippen molar-refractivity contribution in [2.45, 2.75) is 0 Å². The van der Waals surface area contributed by atoms with E-state index in [1.54, 1.807) is 15.4 Å². The Labute approximate surface area is 118 Å². The predicted octanol–water partition coefficient (Wildman–Crippen LogP) is 2.33. The lowest BCUT2D eigenvalue weighted by atomic mass is 10.2. The van der Waals surface area contributed by atoms with Crippen molar-refractivity contribution >= 4 is 28.2 Å². The van der Waals surface area contributed by atoms with Crippen LogP contribution >= 0.6 is 11.6 Å². The van der Waals surface area contributed by atoms with Crippen molar-refractivity contribution in [2.75, 3.05) is 0 Å². The summed E-state index contributed by atoms with van der Waals surface area (Å²) in [6, 6.07) is 7.71. The van der Waals surface area contributed by atoms with E-state index < -0.39 is 0 Å². The fourth-order valence-corrected chi connectivity index (χ4v) is 2.39. The molecular weight excluding hydrogens is 276 g/mol. The summed E-state index contributed by atoms with van der Waals surface area (Å²) in [5.41, 5.74) is 2.34. The first-order chi connectivity index (χ1) is 9.72. The van der Waals surface area contributed by atoms with Gasteiger partial charge in [0.1, 0.15) is 0 Å². The third-order valence-electron chi connectivity index (χ3n) is 3.10. The molecule has 0 aliphatic rings. The Kier molecular flexibility index (Phi) is 2.28. The summed E-state index contributed by atoms with van der Waals surface area (Å²) < 4.78 is 3.26. The van der Waals surface area contributed by atoms with Crippen LogP contribution in [0.15, 0.2) is 36.7 Å². The van der Waals surface area contributed by atoms with E-state index in [1.165, 1.54) is 0 Å². The SMILES string of the molecule is Cn1cc(-c2nc3c4ccccc4nc(Cl)n3n2)cn1. The maximum atomic E-state index is 6.17. The lowest BCUT2D eigenvalue weighted by molar-refractivity contribution is 0.768. The molecule has 0 fully saturated rings. The maximum Gasteiger partial charge on any atom is 0.226 e. The average molecular weight is 285 g/mol. The van der Waals surface area contributed by atoms with Gasteiger partial charge in [0.05, 0.1) is 17.3 Å². The zero-order valence-corrected chi connectivity index (χ0v) is 11.3. The number of hydrogen-bond donors (Lipinski definition) is 0. The third-order valence-corrected chi connectivity index (χ3v) is 3.35. The molecule has 20 heavy (non-hydrogen) atoms. The number of para-hydroxylation sites is 1. The Balaban J connectivity index is 2.07. The van der Waals surface area contributed by atoms with E-state index in [2.05, 4.69) is 20.2 Å². The largest absolute Gasteiger partial charge is 0.275 e. The Morgan fingerprint density at radius 2 is 2.00 bits per heavy atom. The molecule has 0 aliphatic heterocycles. The highest BCUT2D eigenvalue weighted by Gasteiger charge is 2.13. The molecule has 3 aromatic heterocycles. The number of nitrogens with zero attached hydrogens (tertiary/aromatic N) is 6. The van der Waals surface area contributed by atoms with Crippen LogP contribution in [-0.4, -0.2) is 29.4 Å². The Morgan fingerprint density at radius 3 is 2.80 bits per heavy atom. The number of aryl methyl sites for hydroxylation is 1. The molecule has 98 valence electrons. The van der Waals surface area contributed by atoms with Crippen LogP contribution < -0.4 is 0 Å². The van der Waals surface area contributed by atoms with Crippen molar-refractivity contribution in [1.82, 2.24) is 29.4 Å². The van der Waals surface area contributed by atoms with E-state index in [1.807, 2.05) is 37.5 Å². The van der Waals surface area contributed by atoms with Crippen molar-refractivity contribution in [1.29, 1.82) is 0 Å². The molecule has 1 aromatic carbocycles. The van der Waals surface area contributed by atoms with Gasteiger partial charge in [-0.05, 0) is 23.7 Å². The summed E-state index contributed by atoms with van der Waals surface area (Å²) in [7, 11) is 1.85. The number of rotatable bonds is 1. The van der Waals surface area contributed by atoms with Gasteiger partial charge in [0.2, 0.25) is 5.28 Å². The van der Waals surface area contributed by atoms with Gasteiger partial charge in [-0.25, -0.2) is 9.97 Å². The van der Waals surface area contributed by atoms with Gasteiger partial charge in [-0.1, -0.05) is 12.1 Å². The summed E-state index contributed by atoms with van der Waals surface area (Å²) in [4.78, 5) is 8.88. The second-order valence-electron chi connectivity index (χ2n) is 4.47. The molecule has 0 saturated carbocycles. The van der Waals surface area contributed by atoms with Crippen LogP contribution in [0, 0.1) is 0 Å². The van der Waals surface area contributed by atoms with Gasteiger partial charge in [-0.3, -0.25) is 4.68 Å². The van der Waals surface area contributed by atoms with Gasteiger partial charge in [0, 0.05) is 18.6 Å². The van der Waals surface area contributed by atoms with Crippen molar-refractivity contribution < 1.29 is 0 Å². The van der Waals surface area contributed by atoms with Gasteiger partial charge in [-0.15, -0.1) is 5.10 Å². The Bertz CT molecular complexity index is 938. The minimum Gasteiger partial charge on any atom is -0.275 e. The normalized spacial score (nSPS) is 11.5. The summed E-state index contributed by atoms with van der Waals surface area (Å²) in [6.45, 7) is 0. The van der Waals surface area contributed by atoms with E-state index in [-0.39, 0.29) is 0 Å². The van der Waals surface area contributed by atoms with Crippen LogP contribution in [0.25, 0.3) is 27.9 Å². The lowest BCUT2D eigenvalue weighted by Crippen LogP contribution is -1.94. The molecule has 0 atom stereocenters. The van der Waals surface area contributed by atoms with Gasteiger partial charge in [-0.2, -0.15) is 9.61 Å². The Morgan fingerprint density at radius 1 is 1.15 bits per heavy atom. The van der Waals surface area contributed by atoms with Crippen LogP contribution in [0.1, 0.15) is 0 Å². The molecule has 6 nitrogen and oxygen atoms in total. The average Bonchev–Trinajstić information content (AvgIpc) is 3.05. The number of hydrogen-bond acceptors (Lipinski definition) is 4. The van der Waals surface area contributed by atoms with Crippen LogP contribution in [0.3, 0.4) is 0 Å². The molecule has 0 spiro atoms. The standard InChI is InChI=1S/C13H9ClN6/c1-19-7-8(6-15-19)11-17-12-9-4-2-3-5-10(9)16-13(14)20(12)18-11/h2-7H,1H3. The molecule has 0 amide bonds. The van der Waals surface area contributed by atoms with Crippen molar-refractivity contribution in [2.24, 2.45) is 7.05 Å². The molecular formula is C13H9ClN6. The fourth-order valence-electron chi connectivity index (χ4n) is 2.18. The molecule has 4 rings (SSSR count). The smallest absolute Gasteiger partial charge is 0.226 e. The molecule has 0 radical (unpaired) electrons. The highest BCUT2D eigenvalue weighted by atomic mass is 35.5. The first kappa shape index (κ1) is 11.4. The van der Waals surface area contributed by atoms with Crippen LogP contribution in [0.2, 0.25) is 5.28 Å². The molecule has 0 saturated heterocycles. The first-order valence-electron chi connectivity index (χ1n) is 6.02. The van der Waals surface area contributed by atoms with Crippen LogP contribution in [0.4, 0.5) is 0 Å². The van der Waals surface area contributed by atoms with E-state index >= 15 is 0 Å². The van der Waals surface area contributed by atoms with Crippen molar-refractivity contribution in [3.8, 4) is 11.4 Å². The zero-order chi connectivity index (χ0) is 13.7. The van der Waals surface area contributed by atoms with Crippen LogP contribution in [-0.2, 0) is 7.05 Å². The van der Waals surface area contributed by atoms with Gasteiger partial charge < -0.3 is 0 Å². The Hall–Kier alpha value is -2.47. The summed E-state index contributed by atoms with van der Waals surface area (Å²) in [6.07, 6.45) is 3.58. The maximum absolute atomic E-state index is 6.17. The highest BCUT2D eigenvalue weighted by Crippen LogP contribution is 2.23. The van der Waals surface area contributed by atoms with Gasteiger partial charge >= 0.3 is 0 Å². The van der Waals surface area contributed by atoms with Gasteiger partial charge in [0.15, 0.2) is 11.5 Å². The fraction of sp³-hybridized carbons (Fsp3) is 0.0769. The number of aromatic nitrogens is 6. The summed E-state index contributed by atoms with van der Waals surface area (Å²) in [5, 5.41) is 9.74. The van der Waals surface area contributed by atoms with Crippen molar-refractivity contribution in [3.63, 3.8) is 0 Å². The van der Waals surface area contributed by atoms with E-state index in [4.69, 9.17) is 11.6 Å². The second-order valence-corrected chi connectivity index (χ2v) is 4.81. The lowest BCUT2D eigenvalue weighted by Gasteiger charge is -1.99. The number of benzene rings is 1. The minimum atomic E-state index is 0.293. The molecule has 7 heteroatoms. The second kappa shape index (κ2) is 4.01. The molecule has 0 unspecified atom stereocenters. The number of fused-ring (bicyclic) bond motifs is 3. The topological polar surface area (TPSA) is 60.9 Å². The predicted molar refractivity (Wildman–Crippen MR) is 75.5 cm³/mol. The third kappa shape index (κ3) is 1.58. The molecule has 0 N–H and O–H groups in total. The van der Waals surface area contributed by atoms with Crippen LogP contribution in [0.5, 0.6) is 0 Å². The molecule has 4 aromatic rings.